The molecule has 0 aliphatic rings. The standard InChI is InChI=1S/C23H29BrN2O3/c1-16-8-6-11-20(12-16)29-15-21(27)26(14-18-9-7-10-19(24)13-18)17(2)22(28)25-23(3,4)5/h6-13,17H,14-15H2,1-5H3,(H,25,28)/t17-/m0/s1. The second-order valence-corrected chi connectivity index (χ2v) is 9.09. The molecule has 2 rings (SSSR count). The molecule has 6 heteroatoms. The summed E-state index contributed by atoms with van der Waals surface area (Å²) in [4.78, 5) is 27.3. The van der Waals surface area contributed by atoms with Gasteiger partial charge in [0.15, 0.2) is 6.61 Å². The minimum absolute atomic E-state index is 0.134. The molecule has 0 fully saturated rings. The highest BCUT2D eigenvalue weighted by Gasteiger charge is 2.28. The lowest BCUT2D eigenvalue weighted by molar-refractivity contribution is -0.142. The van der Waals surface area contributed by atoms with Crippen molar-refractivity contribution in [3.8, 4) is 5.75 Å². The summed E-state index contributed by atoms with van der Waals surface area (Å²) in [5.74, 6) is 0.187. The molecule has 2 aromatic rings. The average molecular weight is 461 g/mol. The highest BCUT2D eigenvalue weighted by atomic mass is 79.9. The first-order valence-corrected chi connectivity index (χ1v) is 10.4. The topological polar surface area (TPSA) is 58.6 Å². The molecule has 156 valence electrons. The predicted molar refractivity (Wildman–Crippen MR) is 119 cm³/mol. The molecule has 0 spiro atoms. The van der Waals surface area contributed by atoms with Crippen LogP contribution in [0.5, 0.6) is 5.75 Å². The Hall–Kier alpha value is -2.34. The number of nitrogens with one attached hydrogen (secondary N) is 1. The van der Waals surface area contributed by atoms with Gasteiger partial charge in [0.05, 0.1) is 0 Å². The summed E-state index contributed by atoms with van der Waals surface area (Å²) in [6.45, 7) is 9.63. The fourth-order valence-electron chi connectivity index (χ4n) is 2.82. The van der Waals surface area contributed by atoms with E-state index in [1.54, 1.807) is 11.8 Å². The third kappa shape index (κ3) is 7.54. The fraction of sp³-hybridized carbons (Fsp3) is 0.391. The molecule has 0 unspecified atom stereocenters. The van der Waals surface area contributed by atoms with E-state index in [9.17, 15) is 9.59 Å². The van der Waals surface area contributed by atoms with Crippen molar-refractivity contribution in [1.29, 1.82) is 0 Å². The van der Waals surface area contributed by atoms with Crippen LogP contribution in [-0.2, 0) is 16.1 Å². The average Bonchev–Trinajstić information content (AvgIpc) is 2.62. The van der Waals surface area contributed by atoms with Crippen LogP contribution < -0.4 is 10.1 Å². The number of rotatable bonds is 7. The van der Waals surface area contributed by atoms with E-state index >= 15 is 0 Å². The Morgan fingerprint density at radius 2 is 1.83 bits per heavy atom. The number of ether oxygens (including phenoxy) is 1. The molecule has 0 aliphatic heterocycles. The lowest BCUT2D eigenvalue weighted by Gasteiger charge is -2.31. The maximum absolute atomic E-state index is 13.0. The summed E-state index contributed by atoms with van der Waals surface area (Å²) in [6.07, 6.45) is 0. The largest absolute Gasteiger partial charge is 0.484 e. The van der Waals surface area contributed by atoms with Gasteiger partial charge in [-0.05, 0) is 70.0 Å². The summed E-state index contributed by atoms with van der Waals surface area (Å²) >= 11 is 3.46. The molecule has 1 atom stereocenters. The van der Waals surface area contributed by atoms with Gasteiger partial charge in [0.2, 0.25) is 5.91 Å². The van der Waals surface area contributed by atoms with Crippen LogP contribution in [0.15, 0.2) is 53.0 Å². The zero-order valence-electron chi connectivity index (χ0n) is 17.7. The monoisotopic (exact) mass is 460 g/mol. The highest BCUT2D eigenvalue weighted by Crippen LogP contribution is 2.17. The molecule has 0 radical (unpaired) electrons. The molecular formula is C23H29BrN2O3. The Morgan fingerprint density at radius 1 is 1.14 bits per heavy atom. The van der Waals surface area contributed by atoms with Gasteiger partial charge in [0.25, 0.3) is 5.91 Å². The fourth-order valence-corrected chi connectivity index (χ4v) is 3.27. The molecule has 1 N–H and O–H groups in total. The number of carbonyl (C=O) groups excluding carboxylic acids is 2. The molecular weight excluding hydrogens is 432 g/mol. The Labute approximate surface area is 181 Å². The van der Waals surface area contributed by atoms with Crippen molar-refractivity contribution in [3.05, 3.63) is 64.1 Å². The van der Waals surface area contributed by atoms with E-state index in [4.69, 9.17) is 4.74 Å². The van der Waals surface area contributed by atoms with E-state index in [1.807, 2.05) is 76.2 Å². The van der Waals surface area contributed by atoms with Crippen LogP contribution in [0.1, 0.15) is 38.8 Å². The van der Waals surface area contributed by atoms with Gasteiger partial charge in [-0.3, -0.25) is 9.59 Å². The summed E-state index contributed by atoms with van der Waals surface area (Å²) in [5, 5.41) is 2.95. The number of aryl methyl sites for hydroxylation is 1. The van der Waals surface area contributed by atoms with Crippen molar-refractivity contribution in [2.75, 3.05) is 6.61 Å². The Kier molecular flexibility index (Phi) is 7.85. The normalized spacial score (nSPS) is 12.2. The summed E-state index contributed by atoms with van der Waals surface area (Å²) in [6, 6.07) is 14.6. The summed E-state index contributed by atoms with van der Waals surface area (Å²) < 4.78 is 6.61. The number of hydrogen-bond donors (Lipinski definition) is 1. The number of benzene rings is 2. The van der Waals surface area contributed by atoms with Gasteiger partial charge in [-0.15, -0.1) is 0 Å². The minimum Gasteiger partial charge on any atom is -0.484 e. The van der Waals surface area contributed by atoms with E-state index in [1.165, 1.54) is 0 Å². The third-order valence-corrected chi connectivity index (χ3v) is 4.75. The molecule has 0 bridgehead atoms. The lowest BCUT2D eigenvalue weighted by Crippen LogP contribution is -2.53. The van der Waals surface area contributed by atoms with Crippen molar-refractivity contribution in [2.24, 2.45) is 0 Å². The SMILES string of the molecule is Cc1cccc(OCC(=O)N(Cc2cccc(Br)c2)[C@@H](C)C(=O)NC(C)(C)C)c1. The van der Waals surface area contributed by atoms with Gasteiger partial charge in [-0.2, -0.15) is 0 Å². The molecule has 0 saturated carbocycles. The predicted octanol–water partition coefficient (Wildman–Crippen LogP) is 4.47. The number of carbonyl (C=O) groups is 2. The molecule has 0 aliphatic carbocycles. The van der Waals surface area contributed by atoms with E-state index in [-0.39, 0.29) is 24.0 Å². The summed E-state index contributed by atoms with van der Waals surface area (Å²) in [7, 11) is 0. The zero-order chi connectivity index (χ0) is 21.6. The van der Waals surface area contributed by atoms with Crippen LogP contribution in [-0.4, -0.2) is 34.9 Å². The number of amides is 2. The molecule has 2 amide bonds. The van der Waals surface area contributed by atoms with Gasteiger partial charge in [-0.1, -0.05) is 40.2 Å². The maximum Gasteiger partial charge on any atom is 0.261 e. The van der Waals surface area contributed by atoms with Gasteiger partial charge in [0.1, 0.15) is 11.8 Å². The van der Waals surface area contributed by atoms with Crippen molar-refractivity contribution in [2.45, 2.75) is 52.7 Å². The molecule has 29 heavy (non-hydrogen) atoms. The maximum atomic E-state index is 13.0. The van der Waals surface area contributed by atoms with Crippen molar-refractivity contribution >= 4 is 27.7 Å². The van der Waals surface area contributed by atoms with Gasteiger partial charge >= 0.3 is 0 Å². The Morgan fingerprint density at radius 3 is 2.45 bits per heavy atom. The van der Waals surface area contributed by atoms with Crippen LogP contribution in [0.25, 0.3) is 0 Å². The van der Waals surface area contributed by atoms with Crippen LogP contribution in [0.2, 0.25) is 0 Å². The Balaban J connectivity index is 2.18. The molecule has 5 nitrogen and oxygen atoms in total. The van der Waals surface area contributed by atoms with Crippen molar-refractivity contribution in [3.63, 3.8) is 0 Å². The van der Waals surface area contributed by atoms with E-state index in [0.29, 0.717) is 12.3 Å². The van der Waals surface area contributed by atoms with E-state index < -0.39 is 6.04 Å². The van der Waals surface area contributed by atoms with Gasteiger partial charge < -0.3 is 15.0 Å². The van der Waals surface area contributed by atoms with E-state index in [2.05, 4.69) is 21.2 Å². The van der Waals surface area contributed by atoms with Crippen LogP contribution >= 0.6 is 15.9 Å². The lowest BCUT2D eigenvalue weighted by atomic mass is 10.1. The number of nitrogens with zero attached hydrogens (tertiary/aromatic N) is 1. The first kappa shape index (κ1) is 22.9. The summed E-state index contributed by atoms with van der Waals surface area (Å²) in [5.41, 5.74) is 1.60. The highest BCUT2D eigenvalue weighted by molar-refractivity contribution is 9.10. The Bertz CT molecular complexity index is 861. The molecule has 0 aromatic heterocycles. The second kappa shape index (κ2) is 9.92. The van der Waals surface area contributed by atoms with Gasteiger partial charge in [-0.25, -0.2) is 0 Å². The number of hydrogen-bond acceptors (Lipinski definition) is 3. The molecule has 2 aromatic carbocycles. The van der Waals surface area contributed by atoms with Crippen LogP contribution in [0, 0.1) is 6.92 Å². The molecule has 0 saturated heterocycles. The quantitative estimate of drug-likeness (QED) is 0.662. The van der Waals surface area contributed by atoms with Crippen LogP contribution in [0.4, 0.5) is 0 Å². The van der Waals surface area contributed by atoms with Crippen molar-refractivity contribution in [1.82, 2.24) is 10.2 Å². The minimum atomic E-state index is -0.637. The first-order chi connectivity index (χ1) is 13.5. The van der Waals surface area contributed by atoms with Gasteiger partial charge in [0, 0.05) is 16.6 Å². The zero-order valence-corrected chi connectivity index (χ0v) is 19.2. The first-order valence-electron chi connectivity index (χ1n) is 9.60. The van der Waals surface area contributed by atoms with E-state index in [0.717, 1.165) is 15.6 Å². The second-order valence-electron chi connectivity index (χ2n) is 8.17. The third-order valence-electron chi connectivity index (χ3n) is 4.26. The van der Waals surface area contributed by atoms with Crippen LogP contribution in [0.3, 0.4) is 0 Å². The molecule has 0 heterocycles. The smallest absolute Gasteiger partial charge is 0.261 e. The number of halogens is 1. The van der Waals surface area contributed by atoms with Crippen molar-refractivity contribution < 1.29 is 14.3 Å².